The van der Waals surface area contributed by atoms with Gasteiger partial charge in [-0.25, -0.2) is 0 Å². The van der Waals surface area contributed by atoms with Crippen molar-refractivity contribution in [2.75, 3.05) is 11.1 Å². The molecule has 0 aliphatic carbocycles. The second-order valence-electron chi connectivity index (χ2n) is 4.78. The van der Waals surface area contributed by atoms with Crippen LogP contribution in [-0.2, 0) is 0 Å². The number of halogens is 1. The largest absolute Gasteiger partial charge is 0.398 e. The molecule has 1 unspecified atom stereocenters. The Bertz CT molecular complexity index is 623. The van der Waals surface area contributed by atoms with Gasteiger partial charge in [-0.05, 0) is 49.7 Å². The zero-order valence-electron chi connectivity index (χ0n) is 11.5. The zero-order valence-corrected chi connectivity index (χ0v) is 12.2. The SMILES string of the molecule is CC(=O)c1ccc(NC(C)c2ccc(Cl)cc2)cc1N. The lowest BCUT2D eigenvalue weighted by Crippen LogP contribution is -2.08. The molecule has 0 bridgehead atoms. The van der Waals surface area contributed by atoms with E-state index in [0.29, 0.717) is 11.3 Å². The molecule has 0 saturated carbocycles. The topological polar surface area (TPSA) is 55.1 Å². The van der Waals surface area contributed by atoms with Gasteiger partial charge in [0.05, 0.1) is 0 Å². The highest BCUT2D eigenvalue weighted by atomic mass is 35.5. The highest BCUT2D eigenvalue weighted by Gasteiger charge is 2.08. The Kier molecular flexibility index (Phi) is 4.30. The molecule has 4 heteroatoms. The number of hydrogen-bond acceptors (Lipinski definition) is 3. The van der Waals surface area contributed by atoms with Gasteiger partial charge in [0.15, 0.2) is 5.78 Å². The van der Waals surface area contributed by atoms with Crippen molar-refractivity contribution in [2.24, 2.45) is 0 Å². The molecule has 3 nitrogen and oxygen atoms in total. The Morgan fingerprint density at radius 3 is 2.40 bits per heavy atom. The molecule has 0 saturated heterocycles. The fourth-order valence-electron chi connectivity index (χ4n) is 2.06. The quantitative estimate of drug-likeness (QED) is 0.651. The molecule has 2 aromatic rings. The maximum atomic E-state index is 11.3. The van der Waals surface area contributed by atoms with Gasteiger partial charge in [-0.3, -0.25) is 4.79 Å². The molecule has 0 aliphatic rings. The normalized spacial score (nSPS) is 11.9. The molecule has 0 aliphatic heterocycles. The van der Waals surface area contributed by atoms with Crippen LogP contribution in [0.3, 0.4) is 0 Å². The molecule has 0 radical (unpaired) electrons. The molecular weight excluding hydrogens is 272 g/mol. The van der Waals surface area contributed by atoms with E-state index in [0.717, 1.165) is 16.3 Å². The van der Waals surface area contributed by atoms with Gasteiger partial charge in [0, 0.05) is 28.0 Å². The summed E-state index contributed by atoms with van der Waals surface area (Å²) in [6, 6.07) is 13.2. The van der Waals surface area contributed by atoms with Gasteiger partial charge in [-0.1, -0.05) is 23.7 Å². The van der Waals surface area contributed by atoms with Crippen LogP contribution in [0.4, 0.5) is 11.4 Å². The monoisotopic (exact) mass is 288 g/mol. The first-order valence-electron chi connectivity index (χ1n) is 6.40. The number of nitrogens with one attached hydrogen (secondary N) is 1. The lowest BCUT2D eigenvalue weighted by atomic mass is 10.1. The van der Waals surface area contributed by atoms with Crippen molar-refractivity contribution in [2.45, 2.75) is 19.9 Å². The van der Waals surface area contributed by atoms with E-state index in [1.807, 2.05) is 30.3 Å². The molecule has 0 amide bonds. The predicted molar refractivity (Wildman–Crippen MR) is 84.3 cm³/mol. The van der Waals surface area contributed by atoms with E-state index in [4.69, 9.17) is 17.3 Å². The average molecular weight is 289 g/mol. The van der Waals surface area contributed by atoms with Gasteiger partial charge in [-0.2, -0.15) is 0 Å². The summed E-state index contributed by atoms with van der Waals surface area (Å²) >= 11 is 5.88. The second-order valence-corrected chi connectivity index (χ2v) is 5.21. The van der Waals surface area contributed by atoms with E-state index in [2.05, 4.69) is 12.2 Å². The number of hydrogen-bond donors (Lipinski definition) is 2. The van der Waals surface area contributed by atoms with Crippen LogP contribution in [0, 0.1) is 0 Å². The molecular formula is C16H17ClN2O. The minimum absolute atomic E-state index is 0.0280. The minimum atomic E-state index is -0.0280. The first kappa shape index (κ1) is 14.4. The summed E-state index contributed by atoms with van der Waals surface area (Å²) in [5.41, 5.74) is 8.93. The molecule has 0 spiro atoms. The number of nitrogens with two attached hydrogens (primary N) is 1. The highest BCUT2D eigenvalue weighted by Crippen LogP contribution is 2.24. The van der Waals surface area contributed by atoms with Crippen molar-refractivity contribution >= 4 is 28.8 Å². The second kappa shape index (κ2) is 5.97. The van der Waals surface area contributed by atoms with E-state index in [1.165, 1.54) is 6.92 Å². The summed E-state index contributed by atoms with van der Waals surface area (Å²) in [4.78, 5) is 11.3. The fraction of sp³-hybridized carbons (Fsp3) is 0.188. The number of ketones is 1. The molecule has 0 fully saturated rings. The number of Topliss-reactive ketones (excluding diaryl/α,β-unsaturated/α-hetero) is 1. The Labute approximate surface area is 123 Å². The summed E-state index contributed by atoms with van der Waals surface area (Å²) in [6.45, 7) is 3.56. The van der Waals surface area contributed by atoms with Crippen LogP contribution >= 0.6 is 11.6 Å². The summed E-state index contributed by atoms with van der Waals surface area (Å²) in [5.74, 6) is -0.0280. The van der Waals surface area contributed by atoms with Crippen molar-refractivity contribution in [3.8, 4) is 0 Å². The predicted octanol–water partition coefficient (Wildman–Crippen LogP) is 4.30. The van der Waals surface area contributed by atoms with Crippen LogP contribution in [0.2, 0.25) is 5.02 Å². The first-order chi connectivity index (χ1) is 9.47. The third kappa shape index (κ3) is 3.31. The van der Waals surface area contributed by atoms with E-state index < -0.39 is 0 Å². The Morgan fingerprint density at radius 2 is 1.85 bits per heavy atom. The number of anilines is 2. The van der Waals surface area contributed by atoms with E-state index in [-0.39, 0.29) is 11.8 Å². The summed E-state index contributed by atoms with van der Waals surface area (Å²) in [5, 5.41) is 4.07. The van der Waals surface area contributed by atoms with Crippen LogP contribution in [0.15, 0.2) is 42.5 Å². The zero-order chi connectivity index (χ0) is 14.7. The molecule has 0 heterocycles. The number of rotatable bonds is 4. The van der Waals surface area contributed by atoms with Crippen LogP contribution in [0.1, 0.15) is 35.8 Å². The van der Waals surface area contributed by atoms with Crippen molar-refractivity contribution in [1.82, 2.24) is 0 Å². The third-order valence-corrected chi connectivity index (χ3v) is 3.44. The Hall–Kier alpha value is -2.00. The third-order valence-electron chi connectivity index (χ3n) is 3.18. The van der Waals surface area contributed by atoms with Gasteiger partial charge in [0.2, 0.25) is 0 Å². The minimum Gasteiger partial charge on any atom is -0.398 e. The van der Waals surface area contributed by atoms with Gasteiger partial charge < -0.3 is 11.1 Å². The van der Waals surface area contributed by atoms with Crippen molar-refractivity contribution in [3.63, 3.8) is 0 Å². The Morgan fingerprint density at radius 1 is 1.20 bits per heavy atom. The van der Waals surface area contributed by atoms with Crippen LogP contribution in [0.25, 0.3) is 0 Å². The van der Waals surface area contributed by atoms with Crippen molar-refractivity contribution in [1.29, 1.82) is 0 Å². The average Bonchev–Trinajstić information content (AvgIpc) is 2.39. The molecule has 2 aromatic carbocycles. The van der Waals surface area contributed by atoms with E-state index in [9.17, 15) is 4.79 Å². The maximum Gasteiger partial charge on any atom is 0.161 e. The van der Waals surface area contributed by atoms with Crippen molar-refractivity contribution < 1.29 is 4.79 Å². The molecule has 20 heavy (non-hydrogen) atoms. The van der Waals surface area contributed by atoms with Crippen LogP contribution < -0.4 is 11.1 Å². The molecule has 1 atom stereocenters. The number of carbonyl (C=O) groups is 1. The molecule has 104 valence electrons. The van der Waals surface area contributed by atoms with E-state index >= 15 is 0 Å². The van der Waals surface area contributed by atoms with Gasteiger partial charge in [0.1, 0.15) is 0 Å². The number of nitrogen functional groups attached to an aromatic ring is 1. The van der Waals surface area contributed by atoms with E-state index in [1.54, 1.807) is 12.1 Å². The summed E-state index contributed by atoms with van der Waals surface area (Å²) in [7, 11) is 0. The summed E-state index contributed by atoms with van der Waals surface area (Å²) in [6.07, 6.45) is 0. The van der Waals surface area contributed by atoms with Crippen LogP contribution in [0.5, 0.6) is 0 Å². The van der Waals surface area contributed by atoms with Gasteiger partial charge in [-0.15, -0.1) is 0 Å². The lowest BCUT2D eigenvalue weighted by Gasteiger charge is -2.16. The van der Waals surface area contributed by atoms with Crippen LogP contribution in [-0.4, -0.2) is 5.78 Å². The molecule has 0 aromatic heterocycles. The number of carbonyl (C=O) groups excluding carboxylic acids is 1. The first-order valence-corrected chi connectivity index (χ1v) is 6.77. The summed E-state index contributed by atoms with van der Waals surface area (Å²) < 4.78 is 0. The lowest BCUT2D eigenvalue weighted by molar-refractivity contribution is 0.101. The van der Waals surface area contributed by atoms with Gasteiger partial charge >= 0.3 is 0 Å². The standard InChI is InChI=1S/C16H17ClN2O/c1-10(12-3-5-13(17)6-4-12)19-14-7-8-15(11(2)20)16(18)9-14/h3-10,19H,18H2,1-2H3. The Balaban J connectivity index is 2.15. The smallest absolute Gasteiger partial charge is 0.161 e. The maximum absolute atomic E-state index is 11.3. The van der Waals surface area contributed by atoms with Crippen molar-refractivity contribution in [3.05, 3.63) is 58.6 Å². The fourth-order valence-corrected chi connectivity index (χ4v) is 2.18. The molecule has 3 N–H and O–H groups in total. The molecule has 2 rings (SSSR count). The highest BCUT2D eigenvalue weighted by molar-refractivity contribution is 6.30. The van der Waals surface area contributed by atoms with Gasteiger partial charge in [0.25, 0.3) is 0 Å². The number of benzene rings is 2.